The predicted octanol–water partition coefficient (Wildman–Crippen LogP) is 5.37. The van der Waals surface area contributed by atoms with Gasteiger partial charge in [-0.1, -0.05) is 22.9 Å². The van der Waals surface area contributed by atoms with E-state index in [1.54, 1.807) is 5.57 Å². The van der Waals surface area contributed by atoms with Crippen LogP contribution in [0.5, 0.6) is 0 Å². The van der Waals surface area contributed by atoms with Crippen molar-refractivity contribution in [2.45, 2.75) is 50.7 Å². The summed E-state index contributed by atoms with van der Waals surface area (Å²) in [4.78, 5) is 0. The summed E-state index contributed by atoms with van der Waals surface area (Å²) in [7, 11) is 0. The average molecular weight is 369 g/mol. The van der Waals surface area contributed by atoms with Crippen LogP contribution in [0.3, 0.4) is 0 Å². The Morgan fingerprint density at radius 1 is 1.15 bits per heavy atom. The molecule has 0 saturated heterocycles. The normalized spacial score (nSPS) is 31.0. The lowest BCUT2D eigenvalue weighted by Crippen LogP contribution is -2.24. The second-order valence-electron chi connectivity index (χ2n) is 8.48. The molecule has 0 aliphatic heterocycles. The van der Waals surface area contributed by atoms with Crippen LogP contribution in [-0.2, 0) is 11.3 Å². The first-order chi connectivity index (χ1) is 13.2. The smallest absolute Gasteiger partial charge is 0.145 e. The zero-order chi connectivity index (χ0) is 18.1. The summed E-state index contributed by atoms with van der Waals surface area (Å²) in [5.74, 6) is 2.29. The summed E-state index contributed by atoms with van der Waals surface area (Å²) >= 11 is 0. The molecule has 4 aliphatic rings. The first-order valence-corrected chi connectivity index (χ1v) is 9.95. The number of ether oxygens (including phenoxy) is 1. The topological polar surface area (TPSA) is 35.3 Å². The van der Waals surface area contributed by atoms with Crippen molar-refractivity contribution in [1.29, 1.82) is 0 Å². The third kappa shape index (κ3) is 2.51. The number of fused-ring (bicyclic) bond motifs is 1. The van der Waals surface area contributed by atoms with Gasteiger partial charge in [-0.3, -0.25) is 0 Å². The first kappa shape index (κ1) is 16.0. The number of halogens is 2. The quantitative estimate of drug-likeness (QED) is 0.665. The summed E-state index contributed by atoms with van der Waals surface area (Å²) in [6.45, 7) is 0.299. The van der Waals surface area contributed by atoms with Gasteiger partial charge < -0.3 is 9.26 Å². The molecule has 3 nitrogen and oxygen atoms in total. The maximum atomic E-state index is 14.3. The zero-order valence-corrected chi connectivity index (χ0v) is 15.0. The van der Waals surface area contributed by atoms with E-state index in [9.17, 15) is 8.78 Å². The average Bonchev–Trinajstić information content (AvgIpc) is 3.50. The van der Waals surface area contributed by atoms with Crippen molar-refractivity contribution < 1.29 is 18.0 Å². The van der Waals surface area contributed by atoms with Crippen LogP contribution in [0.1, 0.15) is 49.3 Å². The van der Waals surface area contributed by atoms with E-state index in [1.165, 1.54) is 24.6 Å². The van der Waals surface area contributed by atoms with Crippen molar-refractivity contribution in [2.75, 3.05) is 0 Å². The van der Waals surface area contributed by atoms with E-state index >= 15 is 0 Å². The highest BCUT2D eigenvalue weighted by atomic mass is 19.1. The van der Waals surface area contributed by atoms with Gasteiger partial charge in [0, 0.05) is 11.5 Å². The van der Waals surface area contributed by atoms with Gasteiger partial charge in [0.1, 0.15) is 23.1 Å². The zero-order valence-electron chi connectivity index (χ0n) is 15.0. The van der Waals surface area contributed by atoms with Gasteiger partial charge in [-0.15, -0.1) is 0 Å². The number of hydrogen-bond acceptors (Lipinski definition) is 3. The minimum atomic E-state index is -0.619. The highest BCUT2D eigenvalue weighted by Crippen LogP contribution is 2.67. The summed E-state index contributed by atoms with van der Waals surface area (Å²) < 4.78 is 40.4. The van der Waals surface area contributed by atoms with Crippen molar-refractivity contribution in [3.8, 4) is 11.3 Å². The van der Waals surface area contributed by atoms with Gasteiger partial charge in [0.2, 0.25) is 0 Å². The van der Waals surface area contributed by atoms with E-state index in [2.05, 4.69) is 11.2 Å². The van der Waals surface area contributed by atoms with Crippen LogP contribution in [-0.4, -0.2) is 11.3 Å². The highest BCUT2D eigenvalue weighted by molar-refractivity contribution is 5.65. The largest absolute Gasteiger partial charge is 0.373 e. The van der Waals surface area contributed by atoms with E-state index < -0.39 is 11.6 Å². The molecule has 3 saturated carbocycles. The number of hydrogen-bond donors (Lipinski definition) is 0. The van der Waals surface area contributed by atoms with Crippen LogP contribution >= 0.6 is 0 Å². The Labute approximate surface area is 156 Å². The fraction of sp³-hybridized carbons (Fsp3) is 0.500. The Morgan fingerprint density at radius 3 is 2.74 bits per heavy atom. The molecule has 0 spiro atoms. The summed E-state index contributed by atoms with van der Waals surface area (Å²) in [5, 5.41) is 4.05. The molecule has 1 heterocycles. The van der Waals surface area contributed by atoms with Gasteiger partial charge in [0.05, 0.1) is 18.3 Å². The number of rotatable bonds is 5. The number of nitrogens with zero attached hydrogens (tertiary/aromatic N) is 1. The van der Waals surface area contributed by atoms with Crippen molar-refractivity contribution >= 4 is 0 Å². The molecule has 140 valence electrons. The molecule has 3 fully saturated rings. The molecule has 1 aromatic heterocycles. The summed E-state index contributed by atoms with van der Waals surface area (Å²) in [6, 6.07) is 3.87. The fourth-order valence-electron chi connectivity index (χ4n) is 5.14. The molecule has 4 atom stereocenters. The fourth-order valence-corrected chi connectivity index (χ4v) is 5.14. The number of aromatic nitrogens is 1. The monoisotopic (exact) mass is 369 g/mol. The van der Waals surface area contributed by atoms with E-state index in [0.29, 0.717) is 12.5 Å². The van der Waals surface area contributed by atoms with Crippen LogP contribution in [0.25, 0.3) is 11.3 Å². The maximum absolute atomic E-state index is 14.3. The Morgan fingerprint density at radius 2 is 1.96 bits per heavy atom. The van der Waals surface area contributed by atoms with E-state index in [0.717, 1.165) is 54.8 Å². The van der Waals surface area contributed by atoms with Crippen LogP contribution < -0.4 is 0 Å². The van der Waals surface area contributed by atoms with Gasteiger partial charge in [-0.05, 0) is 62.0 Å². The van der Waals surface area contributed by atoms with Crippen LogP contribution in [0.2, 0.25) is 0 Å². The van der Waals surface area contributed by atoms with Gasteiger partial charge in [0.15, 0.2) is 0 Å². The lowest BCUT2D eigenvalue weighted by molar-refractivity contribution is 0.0153. The van der Waals surface area contributed by atoms with Crippen LogP contribution in [0.15, 0.2) is 34.4 Å². The molecule has 4 aliphatic carbocycles. The van der Waals surface area contributed by atoms with Crippen molar-refractivity contribution in [1.82, 2.24) is 5.16 Å². The Hall–Kier alpha value is -2.01. The maximum Gasteiger partial charge on any atom is 0.145 e. The summed E-state index contributed by atoms with van der Waals surface area (Å²) in [5.41, 5.74) is 2.50. The first-order valence-electron chi connectivity index (χ1n) is 9.95. The predicted molar refractivity (Wildman–Crippen MR) is 94.8 cm³/mol. The molecule has 1 aromatic carbocycles. The Balaban J connectivity index is 1.29. The molecule has 27 heavy (non-hydrogen) atoms. The molecule has 0 amide bonds. The van der Waals surface area contributed by atoms with Crippen molar-refractivity contribution in [3.63, 3.8) is 0 Å². The molecule has 6 rings (SSSR count). The Bertz CT molecular complexity index is 926. The van der Waals surface area contributed by atoms with Crippen LogP contribution in [0, 0.1) is 29.4 Å². The number of benzene rings is 1. The van der Waals surface area contributed by atoms with Crippen molar-refractivity contribution in [3.05, 3.63) is 52.8 Å². The molecule has 5 heteroatoms. The third-order valence-electron chi connectivity index (χ3n) is 6.81. The SMILES string of the molecule is Fc1cccc(F)c1-c1noc(C2CC2)c1CO[C@H]1CC=C2C3C[C@H](C1)C23. The molecule has 0 bridgehead atoms. The second-order valence-corrected chi connectivity index (χ2v) is 8.48. The third-order valence-corrected chi connectivity index (χ3v) is 6.81. The lowest BCUT2D eigenvalue weighted by atomic mass is 9.81. The van der Waals surface area contributed by atoms with E-state index in [-0.39, 0.29) is 17.4 Å². The van der Waals surface area contributed by atoms with Gasteiger partial charge in [-0.25, -0.2) is 8.78 Å². The minimum absolute atomic E-state index is 0.113. The minimum Gasteiger partial charge on any atom is -0.373 e. The highest BCUT2D eigenvalue weighted by Gasteiger charge is 2.59. The van der Waals surface area contributed by atoms with E-state index in [1.807, 2.05) is 0 Å². The van der Waals surface area contributed by atoms with Gasteiger partial charge in [-0.2, -0.15) is 0 Å². The van der Waals surface area contributed by atoms with E-state index in [4.69, 9.17) is 9.26 Å². The molecule has 0 N–H and O–H groups in total. The van der Waals surface area contributed by atoms with Crippen molar-refractivity contribution in [2.24, 2.45) is 17.8 Å². The molecular weight excluding hydrogens is 348 g/mol. The van der Waals surface area contributed by atoms with Gasteiger partial charge in [0.25, 0.3) is 0 Å². The molecular formula is C22H21F2NO2. The van der Waals surface area contributed by atoms with Crippen LogP contribution in [0.4, 0.5) is 8.78 Å². The Kier molecular flexibility index (Phi) is 3.40. The second kappa shape index (κ2) is 5.74. The summed E-state index contributed by atoms with van der Waals surface area (Å²) in [6.07, 6.45) is 7.91. The molecule has 0 radical (unpaired) electrons. The molecule has 2 aromatic rings. The molecule has 2 unspecified atom stereocenters. The number of allylic oxidation sites excluding steroid dienone is 1. The van der Waals surface area contributed by atoms with Gasteiger partial charge >= 0.3 is 0 Å². The lowest BCUT2D eigenvalue weighted by Gasteiger charge is -2.28. The standard InChI is InChI=1S/C22H21F2NO2/c23-17-2-1-3-18(24)20(17)21-16(22(27-25-21)11-4-5-11)10-26-13-6-7-14-15-9-12(8-13)19(14)15/h1-3,7,11-13,15,19H,4-6,8-10H2/t12-,13-,15?,19?/m0/s1.